The highest BCUT2D eigenvalue weighted by Crippen LogP contribution is 2.34. The van der Waals surface area contributed by atoms with Crippen LogP contribution in [-0.2, 0) is 0 Å². The van der Waals surface area contributed by atoms with E-state index in [9.17, 15) is 4.39 Å². The highest BCUT2D eigenvalue weighted by atomic mass is 79.9. The number of nitrogens with two attached hydrogens (primary N) is 1. The van der Waals surface area contributed by atoms with Crippen LogP contribution in [0.1, 0.15) is 18.5 Å². The first-order chi connectivity index (χ1) is 7.59. The third kappa shape index (κ3) is 2.19. The molecule has 2 rings (SSSR count). The maximum Gasteiger partial charge on any atom is 0.131 e. The average Bonchev–Trinajstić information content (AvgIpc) is 2.65. The molecule has 0 spiro atoms. The van der Waals surface area contributed by atoms with Gasteiger partial charge in [-0.3, -0.25) is 0 Å². The fourth-order valence-corrected chi connectivity index (χ4v) is 3.01. The Bertz CT molecular complexity index is 507. The van der Waals surface area contributed by atoms with E-state index in [1.165, 1.54) is 17.4 Å². The molecule has 1 heterocycles. The zero-order chi connectivity index (χ0) is 11.7. The summed E-state index contributed by atoms with van der Waals surface area (Å²) in [6, 6.07) is 4.92. The molecule has 0 aliphatic rings. The molecule has 0 amide bonds. The fourth-order valence-electron chi connectivity index (χ4n) is 1.51. The van der Waals surface area contributed by atoms with Crippen LogP contribution in [0.15, 0.2) is 33.4 Å². The van der Waals surface area contributed by atoms with Gasteiger partial charge in [0.15, 0.2) is 0 Å². The lowest BCUT2D eigenvalue weighted by Crippen LogP contribution is -2.05. The van der Waals surface area contributed by atoms with Gasteiger partial charge < -0.3 is 5.73 Å². The van der Waals surface area contributed by atoms with E-state index >= 15 is 0 Å². The van der Waals surface area contributed by atoms with Crippen molar-refractivity contribution in [3.8, 4) is 11.1 Å². The number of benzene rings is 1. The molecule has 0 aliphatic heterocycles. The van der Waals surface area contributed by atoms with Gasteiger partial charge in [0, 0.05) is 27.0 Å². The van der Waals surface area contributed by atoms with E-state index in [-0.39, 0.29) is 11.9 Å². The Morgan fingerprint density at radius 3 is 2.62 bits per heavy atom. The lowest BCUT2D eigenvalue weighted by atomic mass is 10.0. The number of thiophene rings is 1. The van der Waals surface area contributed by atoms with Crippen molar-refractivity contribution in [1.29, 1.82) is 0 Å². The Balaban J connectivity index is 2.56. The summed E-state index contributed by atoms with van der Waals surface area (Å²) in [7, 11) is 0. The van der Waals surface area contributed by atoms with Crippen molar-refractivity contribution in [2.75, 3.05) is 0 Å². The van der Waals surface area contributed by atoms with Crippen molar-refractivity contribution in [1.82, 2.24) is 0 Å². The predicted molar refractivity (Wildman–Crippen MR) is 70.0 cm³/mol. The zero-order valence-corrected chi connectivity index (χ0v) is 11.1. The van der Waals surface area contributed by atoms with E-state index in [4.69, 9.17) is 5.73 Å². The topological polar surface area (TPSA) is 26.0 Å². The van der Waals surface area contributed by atoms with Gasteiger partial charge in [0.05, 0.1) is 0 Å². The first kappa shape index (κ1) is 11.8. The fraction of sp³-hybridized carbons (Fsp3) is 0.167. The van der Waals surface area contributed by atoms with Gasteiger partial charge in [-0.05, 0) is 45.9 Å². The van der Waals surface area contributed by atoms with Crippen LogP contribution in [0.25, 0.3) is 11.1 Å². The van der Waals surface area contributed by atoms with Crippen LogP contribution in [0.5, 0.6) is 0 Å². The molecule has 0 saturated carbocycles. The van der Waals surface area contributed by atoms with Crippen molar-refractivity contribution >= 4 is 27.3 Å². The van der Waals surface area contributed by atoms with E-state index in [0.29, 0.717) is 5.56 Å². The number of rotatable bonds is 2. The average molecular weight is 300 g/mol. The molecule has 0 saturated heterocycles. The normalized spacial score (nSPS) is 12.8. The molecule has 0 radical (unpaired) electrons. The SMILES string of the molecule is CC(N)c1ccc(F)c(-c2cscc2Br)c1. The Kier molecular flexibility index (Phi) is 3.42. The maximum atomic E-state index is 13.7. The molecule has 1 aromatic heterocycles. The quantitative estimate of drug-likeness (QED) is 0.877. The number of hydrogen-bond acceptors (Lipinski definition) is 2. The summed E-state index contributed by atoms with van der Waals surface area (Å²) >= 11 is 4.95. The lowest BCUT2D eigenvalue weighted by molar-refractivity contribution is 0.629. The second kappa shape index (κ2) is 4.65. The second-order valence-electron chi connectivity index (χ2n) is 3.66. The Morgan fingerprint density at radius 1 is 1.31 bits per heavy atom. The zero-order valence-electron chi connectivity index (χ0n) is 8.71. The van der Waals surface area contributed by atoms with Crippen LogP contribution >= 0.6 is 27.3 Å². The summed E-state index contributed by atoms with van der Waals surface area (Å²) in [6.45, 7) is 1.89. The largest absolute Gasteiger partial charge is 0.324 e. The van der Waals surface area contributed by atoms with Gasteiger partial charge in [-0.25, -0.2) is 4.39 Å². The summed E-state index contributed by atoms with van der Waals surface area (Å²) < 4.78 is 14.6. The molecule has 2 N–H and O–H groups in total. The van der Waals surface area contributed by atoms with Gasteiger partial charge in [-0.2, -0.15) is 11.3 Å². The van der Waals surface area contributed by atoms with Gasteiger partial charge in [-0.15, -0.1) is 0 Å². The molecule has 1 nitrogen and oxygen atoms in total. The first-order valence-corrected chi connectivity index (χ1v) is 6.60. The van der Waals surface area contributed by atoms with E-state index in [1.807, 2.05) is 23.8 Å². The minimum atomic E-state index is -0.219. The van der Waals surface area contributed by atoms with Gasteiger partial charge >= 0.3 is 0 Å². The Morgan fingerprint density at radius 2 is 2.06 bits per heavy atom. The smallest absolute Gasteiger partial charge is 0.131 e. The Hall–Kier alpha value is -0.710. The van der Waals surface area contributed by atoms with Crippen LogP contribution < -0.4 is 5.73 Å². The van der Waals surface area contributed by atoms with Crippen molar-refractivity contribution in [3.63, 3.8) is 0 Å². The van der Waals surface area contributed by atoms with Crippen LogP contribution in [0, 0.1) is 5.82 Å². The third-order valence-electron chi connectivity index (χ3n) is 2.42. The van der Waals surface area contributed by atoms with E-state index in [2.05, 4.69) is 15.9 Å². The standard InChI is InChI=1S/C12H11BrFNS/c1-7(15)8-2-3-12(14)9(4-8)10-5-16-6-11(10)13/h2-7H,15H2,1H3. The molecule has 4 heteroatoms. The summed E-state index contributed by atoms with van der Waals surface area (Å²) in [4.78, 5) is 0. The molecular weight excluding hydrogens is 289 g/mol. The van der Waals surface area contributed by atoms with Crippen LogP contribution in [0.4, 0.5) is 4.39 Å². The van der Waals surface area contributed by atoms with Gasteiger partial charge in [0.2, 0.25) is 0 Å². The Labute approximate surface area is 106 Å². The monoisotopic (exact) mass is 299 g/mol. The molecular formula is C12H11BrFNS. The highest BCUT2D eigenvalue weighted by molar-refractivity contribution is 9.10. The summed E-state index contributed by atoms with van der Waals surface area (Å²) in [5.74, 6) is -0.219. The van der Waals surface area contributed by atoms with Gasteiger partial charge in [-0.1, -0.05) is 6.07 Å². The van der Waals surface area contributed by atoms with Crippen molar-refractivity contribution in [3.05, 3.63) is 44.8 Å². The summed E-state index contributed by atoms with van der Waals surface area (Å²) in [6.07, 6.45) is 0. The van der Waals surface area contributed by atoms with Gasteiger partial charge in [0.1, 0.15) is 5.82 Å². The second-order valence-corrected chi connectivity index (χ2v) is 5.26. The molecule has 16 heavy (non-hydrogen) atoms. The highest BCUT2D eigenvalue weighted by Gasteiger charge is 2.11. The minimum Gasteiger partial charge on any atom is -0.324 e. The molecule has 1 atom stereocenters. The number of halogens is 2. The lowest BCUT2D eigenvalue weighted by Gasteiger charge is -2.09. The van der Waals surface area contributed by atoms with E-state index in [1.54, 1.807) is 6.07 Å². The summed E-state index contributed by atoms with van der Waals surface area (Å²) in [5, 5.41) is 3.86. The van der Waals surface area contributed by atoms with E-state index < -0.39 is 0 Å². The first-order valence-electron chi connectivity index (χ1n) is 4.86. The summed E-state index contributed by atoms with van der Waals surface area (Å²) in [5.41, 5.74) is 8.21. The molecule has 2 aromatic rings. The molecule has 1 unspecified atom stereocenters. The van der Waals surface area contributed by atoms with Crippen LogP contribution in [0.2, 0.25) is 0 Å². The van der Waals surface area contributed by atoms with Crippen LogP contribution in [-0.4, -0.2) is 0 Å². The minimum absolute atomic E-state index is 0.0863. The van der Waals surface area contributed by atoms with Crippen molar-refractivity contribution in [2.45, 2.75) is 13.0 Å². The van der Waals surface area contributed by atoms with Crippen molar-refractivity contribution < 1.29 is 4.39 Å². The predicted octanol–water partition coefficient (Wildman–Crippen LogP) is 4.34. The van der Waals surface area contributed by atoms with Gasteiger partial charge in [0.25, 0.3) is 0 Å². The molecule has 0 aliphatic carbocycles. The molecule has 0 bridgehead atoms. The molecule has 0 fully saturated rings. The van der Waals surface area contributed by atoms with E-state index in [0.717, 1.165) is 15.6 Å². The third-order valence-corrected chi connectivity index (χ3v) is 4.12. The van der Waals surface area contributed by atoms with Crippen LogP contribution in [0.3, 0.4) is 0 Å². The number of hydrogen-bond donors (Lipinski definition) is 1. The molecule has 84 valence electrons. The molecule has 1 aromatic carbocycles. The maximum absolute atomic E-state index is 13.7. The van der Waals surface area contributed by atoms with Crippen molar-refractivity contribution in [2.24, 2.45) is 5.73 Å².